The Hall–Kier alpha value is -2.98. The Labute approximate surface area is 168 Å². The Bertz CT molecular complexity index is 1170. The summed E-state index contributed by atoms with van der Waals surface area (Å²) in [7, 11) is 1.39. The van der Waals surface area contributed by atoms with Crippen LogP contribution in [0.1, 0.15) is 22.8 Å². The summed E-state index contributed by atoms with van der Waals surface area (Å²) in [6, 6.07) is 19.5. The number of ether oxygens (including phenoxy) is 2. The second-order valence-corrected chi connectivity index (χ2v) is 6.93. The van der Waals surface area contributed by atoms with Crippen molar-refractivity contribution in [2.45, 2.75) is 13.5 Å². The van der Waals surface area contributed by atoms with Crippen molar-refractivity contribution in [3.05, 3.63) is 76.8 Å². The van der Waals surface area contributed by atoms with Crippen LogP contribution in [0.15, 0.2) is 60.7 Å². The van der Waals surface area contributed by atoms with Crippen molar-refractivity contribution in [3.8, 4) is 5.75 Å². The van der Waals surface area contributed by atoms with Gasteiger partial charge in [-0.05, 0) is 42.8 Å². The third kappa shape index (κ3) is 3.10. The zero-order valence-electron chi connectivity index (χ0n) is 15.7. The molecule has 1 aromatic heterocycles. The first kappa shape index (κ1) is 18.4. The number of nitrogens with zero attached hydrogens (tertiary/aromatic N) is 1. The molecule has 3 aromatic carbocycles. The first-order chi connectivity index (χ1) is 13.6. The Balaban J connectivity index is 2.11. The zero-order valence-corrected chi connectivity index (χ0v) is 16.5. The molecule has 142 valence electrons. The molecule has 0 N–H and O–H groups in total. The van der Waals surface area contributed by atoms with E-state index in [9.17, 15) is 4.79 Å². The molecular formula is C23H20ClNO3. The van der Waals surface area contributed by atoms with Crippen LogP contribution in [0.25, 0.3) is 21.8 Å². The highest BCUT2D eigenvalue weighted by molar-refractivity contribution is 6.32. The monoisotopic (exact) mass is 393 g/mol. The van der Waals surface area contributed by atoms with Gasteiger partial charge in [-0.2, -0.15) is 0 Å². The highest BCUT2D eigenvalue weighted by Crippen LogP contribution is 2.39. The Morgan fingerprint density at radius 3 is 2.57 bits per heavy atom. The molecule has 4 rings (SSSR count). The Morgan fingerprint density at radius 2 is 1.86 bits per heavy atom. The number of fused-ring (bicyclic) bond motifs is 3. The minimum atomic E-state index is -0.383. The van der Waals surface area contributed by atoms with E-state index in [1.165, 1.54) is 7.11 Å². The molecule has 0 spiro atoms. The SMILES string of the molecule is CCOc1ccc(C(=O)OC)c2c3cc(Cl)ccc3n(Cc3ccccc3)c12. The number of aromatic nitrogens is 1. The molecule has 1 heterocycles. The first-order valence-electron chi connectivity index (χ1n) is 9.13. The highest BCUT2D eigenvalue weighted by atomic mass is 35.5. The van der Waals surface area contributed by atoms with E-state index in [4.69, 9.17) is 21.1 Å². The predicted molar refractivity (Wildman–Crippen MR) is 113 cm³/mol. The maximum absolute atomic E-state index is 12.5. The van der Waals surface area contributed by atoms with E-state index in [0.29, 0.717) is 23.7 Å². The summed E-state index contributed by atoms with van der Waals surface area (Å²) in [5.41, 5.74) is 3.51. The van der Waals surface area contributed by atoms with Crippen LogP contribution < -0.4 is 4.74 Å². The van der Waals surface area contributed by atoms with Crippen LogP contribution in [0.3, 0.4) is 0 Å². The lowest BCUT2D eigenvalue weighted by Crippen LogP contribution is -2.05. The number of benzene rings is 3. The van der Waals surface area contributed by atoms with Gasteiger partial charge in [0.2, 0.25) is 0 Å². The fraction of sp³-hybridized carbons (Fsp3) is 0.174. The van der Waals surface area contributed by atoms with Crippen LogP contribution >= 0.6 is 11.6 Å². The summed E-state index contributed by atoms with van der Waals surface area (Å²) in [5, 5.41) is 2.32. The topological polar surface area (TPSA) is 40.5 Å². The Kier molecular flexibility index (Phi) is 4.97. The van der Waals surface area contributed by atoms with E-state index in [2.05, 4.69) is 16.7 Å². The lowest BCUT2D eigenvalue weighted by Gasteiger charge is -2.12. The van der Waals surface area contributed by atoms with Gasteiger partial charge in [-0.1, -0.05) is 41.9 Å². The quantitative estimate of drug-likeness (QED) is 0.409. The Morgan fingerprint density at radius 1 is 1.07 bits per heavy atom. The van der Waals surface area contributed by atoms with Crippen LogP contribution in [0, 0.1) is 0 Å². The number of esters is 1. The van der Waals surface area contributed by atoms with E-state index in [1.54, 1.807) is 6.07 Å². The average molecular weight is 394 g/mol. The van der Waals surface area contributed by atoms with Gasteiger partial charge in [0.25, 0.3) is 0 Å². The van der Waals surface area contributed by atoms with Crippen molar-refractivity contribution in [3.63, 3.8) is 0 Å². The van der Waals surface area contributed by atoms with Gasteiger partial charge in [0.15, 0.2) is 0 Å². The number of carbonyl (C=O) groups excluding carboxylic acids is 1. The fourth-order valence-electron chi connectivity index (χ4n) is 3.66. The minimum Gasteiger partial charge on any atom is -0.492 e. The van der Waals surface area contributed by atoms with E-state index in [0.717, 1.165) is 33.1 Å². The third-order valence-corrected chi connectivity index (χ3v) is 5.05. The van der Waals surface area contributed by atoms with Gasteiger partial charge in [0.1, 0.15) is 5.75 Å². The lowest BCUT2D eigenvalue weighted by molar-refractivity contribution is 0.0603. The maximum atomic E-state index is 12.5. The van der Waals surface area contributed by atoms with Crippen LogP contribution in [0.5, 0.6) is 5.75 Å². The van der Waals surface area contributed by atoms with Gasteiger partial charge in [-0.25, -0.2) is 4.79 Å². The molecule has 28 heavy (non-hydrogen) atoms. The normalized spacial score (nSPS) is 11.1. The largest absolute Gasteiger partial charge is 0.492 e. The number of carbonyl (C=O) groups is 1. The van der Waals surface area contributed by atoms with Crippen molar-refractivity contribution in [1.82, 2.24) is 4.57 Å². The number of hydrogen-bond acceptors (Lipinski definition) is 3. The molecule has 0 radical (unpaired) electrons. The number of methoxy groups -OCH3 is 1. The van der Waals surface area contributed by atoms with Crippen LogP contribution in [0.4, 0.5) is 0 Å². The van der Waals surface area contributed by atoms with E-state index in [-0.39, 0.29) is 5.97 Å². The van der Waals surface area contributed by atoms with Gasteiger partial charge in [0, 0.05) is 27.9 Å². The summed E-state index contributed by atoms with van der Waals surface area (Å²) in [4.78, 5) is 12.5. The van der Waals surface area contributed by atoms with Gasteiger partial charge >= 0.3 is 5.97 Å². The zero-order chi connectivity index (χ0) is 19.7. The second kappa shape index (κ2) is 7.56. The van der Waals surface area contributed by atoms with Crippen molar-refractivity contribution < 1.29 is 14.3 Å². The minimum absolute atomic E-state index is 0.383. The van der Waals surface area contributed by atoms with Gasteiger partial charge in [-0.15, -0.1) is 0 Å². The van der Waals surface area contributed by atoms with E-state index in [1.807, 2.05) is 49.4 Å². The summed E-state index contributed by atoms with van der Waals surface area (Å²) < 4.78 is 13.1. The van der Waals surface area contributed by atoms with Crippen molar-refractivity contribution >= 4 is 39.4 Å². The standard InChI is InChI=1S/C23H20ClNO3/c1-3-28-20-12-10-17(23(26)27-2)21-18-13-16(24)9-11-19(18)25(22(20)21)14-15-7-5-4-6-8-15/h4-13H,3,14H2,1-2H3. The molecule has 0 aliphatic heterocycles. The van der Waals surface area contributed by atoms with Crippen molar-refractivity contribution in [1.29, 1.82) is 0 Å². The lowest BCUT2D eigenvalue weighted by atomic mass is 10.1. The molecular weight excluding hydrogens is 374 g/mol. The van der Waals surface area contributed by atoms with Crippen molar-refractivity contribution in [2.24, 2.45) is 0 Å². The second-order valence-electron chi connectivity index (χ2n) is 6.49. The first-order valence-corrected chi connectivity index (χ1v) is 9.51. The molecule has 4 nitrogen and oxygen atoms in total. The average Bonchev–Trinajstić information content (AvgIpc) is 3.03. The maximum Gasteiger partial charge on any atom is 0.338 e. The smallest absolute Gasteiger partial charge is 0.338 e. The molecule has 4 aromatic rings. The van der Waals surface area contributed by atoms with E-state index >= 15 is 0 Å². The van der Waals surface area contributed by atoms with Gasteiger partial charge in [-0.3, -0.25) is 0 Å². The van der Waals surface area contributed by atoms with Crippen LogP contribution in [0.2, 0.25) is 5.02 Å². The number of halogens is 1. The van der Waals surface area contributed by atoms with Gasteiger partial charge < -0.3 is 14.0 Å². The molecule has 0 saturated carbocycles. The number of rotatable bonds is 5. The molecule has 0 amide bonds. The molecule has 0 aliphatic rings. The summed E-state index contributed by atoms with van der Waals surface area (Å²) in [6.07, 6.45) is 0. The number of hydrogen-bond donors (Lipinski definition) is 0. The highest BCUT2D eigenvalue weighted by Gasteiger charge is 2.22. The van der Waals surface area contributed by atoms with Crippen LogP contribution in [-0.2, 0) is 11.3 Å². The molecule has 0 fully saturated rings. The fourth-order valence-corrected chi connectivity index (χ4v) is 3.83. The predicted octanol–water partition coefficient (Wildman–Crippen LogP) is 5.68. The molecule has 0 bridgehead atoms. The molecule has 0 atom stereocenters. The third-order valence-electron chi connectivity index (χ3n) is 4.82. The summed E-state index contributed by atoms with van der Waals surface area (Å²) in [5.74, 6) is 0.347. The summed E-state index contributed by atoms with van der Waals surface area (Å²) in [6.45, 7) is 3.12. The molecule has 5 heteroatoms. The molecule has 0 unspecified atom stereocenters. The summed E-state index contributed by atoms with van der Waals surface area (Å²) >= 11 is 6.30. The van der Waals surface area contributed by atoms with Crippen molar-refractivity contribution in [2.75, 3.05) is 13.7 Å². The van der Waals surface area contributed by atoms with Crippen LogP contribution in [-0.4, -0.2) is 24.3 Å². The van der Waals surface area contributed by atoms with Gasteiger partial charge in [0.05, 0.1) is 24.8 Å². The molecule has 0 aliphatic carbocycles. The molecule has 0 saturated heterocycles. The van der Waals surface area contributed by atoms with E-state index < -0.39 is 0 Å².